The summed E-state index contributed by atoms with van der Waals surface area (Å²) in [6, 6.07) is -0.0679. The lowest BCUT2D eigenvalue weighted by atomic mass is 10.0. The van der Waals surface area contributed by atoms with Gasteiger partial charge in [-0.1, -0.05) is 27.7 Å². The van der Waals surface area contributed by atoms with Crippen LogP contribution >= 0.6 is 0 Å². The van der Waals surface area contributed by atoms with Crippen LogP contribution in [-0.4, -0.2) is 49.9 Å². The molecule has 6 nitrogen and oxygen atoms in total. The second-order valence-corrected chi connectivity index (χ2v) is 6.82. The number of rotatable bonds is 11. The van der Waals surface area contributed by atoms with Gasteiger partial charge in [-0.05, 0) is 31.6 Å². The maximum atomic E-state index is 12.2. The summed E-state index contributed by atoms with van der Waals surface area (Å²) in [4.78, 5) is 23.7. The molecule has 1 rings (SSSR count). The van der Waals surface area contributed by atoms with Gasteiger partial charge in [-0.25, -0.2) is 4.79 Å². The van der Waals surface area contributed by atoms with Gasteiger partial charge in [-0.3, -0.25) is 4.79 Å². The molecule has 1 amide bonds. The van der Waals surface area contributed by atoms with Crippen molar-refractivity contribution < 1.29 is 23.8 Å². The van der Waals surface area contributed by atoms with E-state index in [0.717, 1.165) is 12.8 Å². The minimum absolute atomic E-state index is 0.0679. The lowest BCUT2D eigenvalue weighted by Crippen LogP contribution is -2.42. The third kappa shape index (κ3) is 7.79. The Morgan fingerprint density at radius 3 is 2.39 bits per heavy atom. The largest absolute Gasteiger partial charge is 0.464 e. The van der Waals surface area contributed by atoms with Crippen LogP contribution in [-0.2, 0) is 23.8 Å². The van der Waals surface area contributed by atoms with Crippen LogP contribution in [0.4, 0.5) is 0 Å². The Hall–Kier alpha value is -1.14. The number of carbonyl (C=O) groups excluding carboxylic acids is 2. The Morgan fingerprint density at radius 1 is 1.13 bits per heavy atom. The molecule has 0 bridgehead atoms. The van der Waals surface area contributed by atoms with Crippen molar-refractivity contribution in [2.24, 2.45) is 11.8 Å². The Morgan fingerprint density at radius 2 is 1.83 bits per heavy atom. The van der Waals surface area contributed by atoms with Gasteiger partial charge in [-0.2, -0.15) is 0 Å². The first-order valence-corrected chi connectivity index (χ1v) is 8.55. The summed E-state index contributed by atoms with van der Waals surface area (Å²) in [7, 11) is 0. The number of esters is 1. The summed E-state index contributed by atoms with van der Waals surface area (Å²) in [6.45, 7) is 11.7. The van der Waals surface area contributed by atoms with Crippen LogP contribution in [0.25, 0.3) is 0 Å². The first kappa shape index (κ1) is 19.9. The normalized spacial score (nSPS) is 21.3. The predicted octanol–water partition coefficient (Wildman–Crippen LogP) is 1.91. The van der Waals surface area contributed by atoms with E-state index in [9.17, 15) is 9.59 Å². The molecule has 134 valence electrons. The lowest BCUT2D eigenvalue weighted by molar-refractivity contribution is -0.144. The average Bonchev–Trinajstić information content (AvgIpc) is 3.23. The second-order valence-electron chi connectivity index (χ2n) is 6.82. The minimum atomic E-state index is -0.753. The molecule has 1 fully saturated rings. The Kier molecular flexibility index (Phi) is 8.55. The van der Waals surface area contributed by atoms with Crippen LogP contribution in [0.2, 0.25) is 0 Å². The van der Waals surface area contributed by atoms with Crippen molar-refractivity contribution >= 4 is 11.9 Å². The number of carbonyl (C=O) groups is 2. The highest BCUT2D eigenvalue weighted by atomic mass is 16.6. The smallest absolute Gasteiger partial charge is 0.338 e. The minimum Gasteiger partial charge on any atom is -0.464 e. The van der Waals surface area contributed by atoms with Crippen LogP contribution in [0.1, 0.15) is 47.5 Å². The maximum absolute atomic E-state index is 12.2. The molecule has 6 heteroatoms. The fourth-order valence-electron chi connectivity index (χ4n) is 2.28. The van der Waals surface area contributed by atoms with Crippen molar-refractivity contribution in [3.8, 4) is 0 Å². The zero-order valence-corrected chi connectivity index (χ0v) is 15.0. The molecule has 1 aliphatic rings. The molecule has 23 heavy (non-hydrogen) atoms. The lowest BCUT2D eigenvalue weighted by Gasteiger charge is -2.20. The molecule has 1 heterocycles. The second kappa shape index (κ2) is 9.88. The summed E-state index contributed by atoms with van der Waals surface area (Å²) in [6.07, 6.45) is 0.347. The van der Waals surface area contributed by atoms with Crippen molar-refractivity contribution in [3.05, 3.63) is 0 Å². The fraction of sp³-hybridized carbons (Fsp3) is 0.882. The maximum Gasteiger partial charge on any atom is 0.338 e. The summed E-state index contributed by atoms with van der Waals surface area (Å²) in [5, 5.41) is 2.93. The van der Waals surface area contributed by atoms with Crippen molar-refractivity contribution in [3.63, 3.8) is 0 Å². The molecule has 0 unspecified atom stereocenters. The third-order valence-corrected chi connectivity index (χ3v) is 3.53. The molecule has 0 aromatic rings. The van der Waals surface area contributed by atoms with Gasteiger partial charge in [0, 0.05) is 6.61 Å². The number of ether oxygens (including phenoxy) is 3. The van der Waals surface area contributed by atoms with E-state index in [-0.39, 0.29) is 18.6 Å². The Labute approximate surface area is 139 Å². The Balaban J connectivity index is 2.38. The van der Waals surface area contributed by atoms with Crippen LogP contribution in [0.15, 0.2) is 0 Å². The van der Waals surface area contributed by atoms with Gasteiger partial charge in [-0.15, -0.1) is 0 Å². The molecule has 1 N–H and O–H groups in total. The van der Waals surface area contributed by atoms with Gasteiger partial charge in [0.2, 0.25) is 0 Å². The van der Waals surface area contributed by atoms with Crippen molar-refractivity contribution in [2.75, 3.05) is 19.8 Å². The highest BCUT2D eigenvalue weighted by Gasteiger charge is 2.51. The van der Waals surface area contributed by atoms with Crippen molar-refractivity contribution in [1.29, 1.82) is 0 Å². The standard InChI is InChI=1S/C17H31NO5/c1-6-22-17(20)15-14(23-15)16(19)18-13(9-12(4)5)10-21-8-7-11(2)3/h11-15H,6-10H2,1-5H3,(H,18,19)/t13-,14-,15-/m0/s1. The van der Waals surface area contributed by atoms with Gasteiger partial charge in [0.1, 0.15) is 0 Å². The van der Waals surface area contributed by atoms with Crippen molar-refractivity contribution in [1.82, 2.24) is 5.32 Å². The number of epoxide rings is 1. The van der Waals surface area contributed by atoms with E-state index in [0.29, 0.717) is 25.0 Å². The van der Waals surface area contributed by atoms with E-state index < -0.39 is 18.2 Å². The number of hydrogen-bond acceptors (Lipinski definition) is 5. The Bertz CT molecular complexity index is 383. The first-order valence-electron chi connectivity index (χ1n) is 8.55. The molecule has 0 spiro atoms. The highest BCUT2D eigenvalue weighted by Crippen LogP contribution is 2.24. The van der Waals surface area contributed by atoms with Gasteiger partial charge in [0.05, 0.1) is 19.3 Å². The molecular formula is C17H31NO5. The first-order chi connectivity index (χ1) is 10.8. The van der Waals surface area contributed by atoms with Crippen LogP contribution in [0.3, 0.4) is 0 Å². The number of amides is 1. The third-order valence-electron chi connectivity index (χ3n) is 3.53. The summed E-state index contributed by atoms with van der Waals surface area (Å²) < 4.78 is 15.7. The fourth-order valence-corrected chi connectivity index (χ4v) is 2.28. The molecule has 3 atom stereocenters. The quantitative estimate of drug-likeness (QED) is 0.356. The van der Waals surface area contributed by atoms with E-state index >= 15 is 0 Å². The monoisotopic (exact) mass is 329 g/mol. The molecular weight excluding hydrogens is 298 g/mol. The highest BCUT2D eigenvalue weighted by molar-refractivity contribution is 5.92. The molecule has 0 saturated carbocycles. The zero-order valence-electron chi connectivity index (χ0n) is 15.0. The summed E-state index contributed by atoms with van der Waals surface area (Å²) >= 11 is 0. The number of hydrogen-bond donors (Lipinski definition) is 1. The SMILES string of the molecule is CCOC(=O)[C@H]1O[C@@H]1C(=O)N[C@H](COCCC(C)C)CC(C)C. The topological polar surface area (TPSA) is 77.2 Å². The van der Waals surface area contributed by atoms with E-state index in [1.54, 1.807) is 6.92 Å². The van der Waals surface area contributed by atoms with E-state index in [1.807, 2.05) is 0 Å². The van der Waals surface area contributed by atoms with E-state index in [2.05, 4.69) is 33.0 Å². The van der Waals surface area contributed by atoms with Crippen LogP contribution in [0.5, 0.6) is 0 Å². The van der Waals surface area contributed by atoms with Gasteiger partial charge in [0.15, 0.2) is 12.2 Å². The van der Waals surface area contributed by atoms with E-state index in [1.165, 1.54) is 0 Å². The molecule has 0 radical (unpaired) electrons. The van der Waals surface area contributed by atoms with Gasteiger partial charge in [0.25, 0.3) is 5.91 Å². The number of nitrogens with one attached hydrogen (secondary N) is 1. The van der Waals surface area contributed by atoms with Crippen molar-refractivity contribution in [2.45, 2.75) is 65.7 Å². The van der Waals surface area contributed by atoms with Crippen LogP contribution in [0, 0.1) is 11.8 Å². The molecule has 0 aliphatic carbocycles. The zero-order chi connectivity index (χ0) is 17.4. The van der Waals surface area contributed by atoms with Gasteiger partial charge < -0.3 is 19.5 Å². The predicted molar refractivity (Wildman–Crippen MR) is 87.0 cm³/mol. The molecule has 0 aromatic heterocycles. The van der Waals surface area contributed by atoms with E-state index in [4.69, 9.17) is 14.2 Å². The molecule has 0 aromatic carbocycles. The van der Waals surface area contributed by atoms with Gasteiger partial charge >= 0.3 is 5.97 Å². The van der Waals surface area contributed by atoms with Crippen LogP contribution < -0.4 is 5.32 Å². The molecule has 1 saturated heterocycles. The summed E-state index contributed by atoms with van der Waals surface area (Å²) in [5.74, 6) is 0.302. The molecule has 1 aliphatic heterocycles. The average molecular weight is 329 g/mol. The summed E-state index contributed by atoms with van der Waals surface area (Å²) in [5.41, 5.74) is 0.